The Bertz CT molecular complexity index is 481. The molecule has 0 amide bonds. The van der Waals surface area contributed by atoms with E-state index < -0.39 is 0 Å². The lowest BCUT2D eigenvalue weighted by atomic mass is 10.3. The summed E-state index contributed by atoms with van der Waals surface area (Å²) in [6, 6.07) is 0. The summed E-state index contributed by atoms with van der Waals surface area (Å²) in [5.41, 5.74) is 0. The monoisotopic (exact) mass is 574 g/mol. The average Bonchev–Trinajstić information content (AvgIpc) is 2.83. The second kappa shape index (κ2) is 28.4. The van der Waals surface area contributed by atoms with E-state index in [-0.39, 0.29) is 35.7 Å². The number of carbonyl (C=O) groups excluding carboxylic acids is 2. The molecule has 0 aliphatic heterocycles. The van der Waals surface area contributed by atoms with Crippen molar-refractivity contribution in [1.29, 1.82) is 0 Å². The molecule has 11 nitrogen and oxygen atoms in total. The maximum atomic E-state index is 11.3. The van der Waals surface area contributed by atoms with Crippen molar-refractivity contribution in [3.8, 4) is 0 Å². The third-order valence-corrected chi connectivity index (χ3v) is 4.50. The summed E-state index contributed by atoms with van der Waals surface area (Å²) >= 11 is 8.27. The molecule has 0 saturated heterocycles. The summed E-state index contributed by atoms with van der Waals surface area (Å²) in [7, 11) is 0. The lowest BCUT2D eigenvalue weighted by Gasteiger charge is -2.09. The van der Waals surface area contributed by atoms with E-state index in [0.29, 0.717) is 105 Å². The average molecular weight is 575 g/mol. The van der Waals surface area contributed by atoms with Crippen LogP contribution in [0.4, 0.5) is 0 Å². The summed E-state index contributed by atoms with van der Waals surface area (Å²) in [5, 5.41) is -0.0203. The van der Waals surface area contributed by atoms with Crippen LogP contribution in [0.3, 0.4) is 0 Å². The largest absolute Gasteiger partial charge is 0.463 e. The molecule has 0 aromatic rings. The Balaban J connectivity index is 3.12. The molecule has 37 heavy (non-hydrogen) atoms. The van der Waals surface area contributed by atoms with Gasteiger partial charge in [-0.05, 0) is 0 Å². The molecule has 220 valence electrons. The molecule has 0 aromatic carbocycles. The van der Waals surface area contributed by atoms with Crippen LogP contribution in [-0.2, 0) is 52.2 Å². The molecule has 0 fully saturated rings. The minimum absolute atomic E-state index is 0.0101. The van der Waals surface area contributed by atoms with Crippen molar-refractivity contribution < 1.29 is 52.2 Å². The van der Waals surface area contributed by atoms with E-state index in [0.717, 1.165) is 0 Å². The van der Waals surface area contributed by atoms with Crippen LogP contribution < -0.4 is 0 Å². The quantitative estimate of drug-likeness (QED) is 0.0806. The van der Waals surface area contributed by atoms with Crippen molar-refractivity contribution in [2.75, 3.05) is 106 Å². The Kier molecular flexibility index (Phi) is 27.9. The fraction of sp³-hybridized carbons (Fsp3) is 0.917. The van der Waals surface area contributed by atoms with Gasteiger partial charge in [0.1, 0.15) is 13.2 Å². The van der Waals surface area contributed by atoms with Crippen LogP contribution in [-0.4, -0.2) is 128 Å². The van der Waals surface area contributed by atoms with Gasteiger partial charge in [0.15, 0.2) is 0 Å². The van der Waals surface area contributed by atoms with Gasteiger partial charge in [-0.2, -0.15) is 25.3 Å². The zero-order chi connectivity index (χ0) is 27.4. The zero-order valence-corrected chi connectivity index (χ0v) is 24.1. The predicted octanol–water partition coefficient (Wildman–Crippen LogP) is 1.61. The first-order valence-electron chi connectivity index (χ1n) is 12.6. The molecule has 0 N–H and O–H groups in total. The molecule has 0 spiro atoms. The number of rotatable bonds is 28. The summed E-state index contributed by atoms with van der Waals surface area (Å²) in [5.74, 6) is -0.540. The van der Waals surface area contributed by atoms with Crippen molar-refractivity contribution in [3.63, 3.8) is 0 Å². The van der Waals surface area contributed by atoms with Gasteiger partial charge >= 0.3 is 11.9 Å². The molecule has 0 heterocycles. The van der Waals surface area contributed by atoms with Gasteiger partial charge in [0, 0.05) is 10.5 Å². The first kappa shape index (κ1) is 36.4. The molecule has 13 heteroatoms. The van der Waals surface area contributed by atoms with Crippen LogP contribution in [0.15, 0.2) is 0 Å². The van der Waals surface area contributed by atoms with Crippen molar-refractivity contribution in [2.45, 2.75) is 37.2 Å². The van der Waals surface area contributed by atoms with E-state index in [2.05, 4.69) is 25.3 Å². The normalized spacial score (nSPS) is 12.9. The fourth-order valence-electron chi connectivity index (χ4n) is 2.45. The topological polar surface area (TPSA) is 117 Å². The summed E-state index contributed by atoms with van der Waals surface area (Å²) in [4.78, 5) is 22.6. The number of thiol groups is 2. The smallest absolute Gasteiger partial charge is 0.306 e. The SMILES string of the molecule is CC(S)CC(=O)OCCOCCOCCOCCOCCOCCOCCOCCOC(=O)CC(C)S. The van der Waals surface area contributed by atoms with E-state index >= 15 is 0 Å². The van der Waals surface area contributed by atoms with Gasteiger partial charge in [0.2, 0.25) is 0 Å². The summed E-state index contributed by atoms with van der Waals surface area (Å²) in [6.07, 6.45) is 0.582. The molecular weight excluding hydrogens is 528 g/mol. The highest BCUT2D eigenvalue weighted by molar-refractivity contribution is 7.81. The van der Waals surface area contributed by atoms with Crippen LogP contribution in [0.1, 0.15) is 26.7 Å². The second-order valence-corrected chi connectivity index (χ2v) is 9.60. The molecule has 0 aliphatic carbocycles. The standard InChI is InChI=1S/C24H46O11S2/c1-21(36)19-23(25)34-17-15-32-13-11-30-9-7-28-5-3-27-4-6-29-8-10-31-12-14-33-16-18-35-24(26)20-22(2)37/h21-22,36-37H,3-20H2,1-2H3. The number of hydrogen-bond acceptors (Lipinski definition) is 13. The number of hydrogen-bond donors (Lipinski definition) is 2. The van der Waals surface area contributed by atoms with E-state index in [1.807, 2.05) is 13.8 Å². The van der Waals surface area contributed by atoms with Gasteiger partial charge in [-0.25, -0.2) is 0 Å². The van der Waals surface area contributed by atoms with E-state index in [1.54, 1.807) is 0 Å². The van der Waals surface area contributed by atoms with Crippen LogP contribution in [0.25, 0.3) is 0 Å². The molecule has 0 aromatic heterocycles. The molecule has 2 atom stereocenters. The number of carbonyl (C=O) groups is 2. The molecule has 2 unspecified atom stereocenters. The third kappa shape index (κ3) is 31.5. The highest BCUT2D eigenvalue weighted by Gasteiger charge is 2.06. The predicted molar refractivity (Wildman–Crippen MR) is 144 cm³/mol. The summed E-state index contributed by atoms with van der Waals surface area (Å²) in [6.45, 7) is 10.4. The van der Waals surface area contributed by atoms with Gasteiger partial charge in [0.25, 0.3) is 0 Å². The first-order chi connectivity index (χ1) is 17.9. The van der Waals surface area contributed by atoms with E-state index in [9.17, 15) is 9.59 Å². The second-order valence-electron chi connectivity index (χ2n) is 7.83. The Morgan fingerprint density at radius 2 is 0.622 bits per heavy atom. The maximum absolute atomic E-state index is 11.3. The van der Waals surface area contributed by atoms with Crippen molar-refractivity contribution in [1.82, 2.24) is 0 Å². The lowest BCUT2D eigenvalue weighted by Crippen LogP contribution is -2.16. The highest BCUT2D eigenvalue weighted by Crippen LogP contribution is 2.01. The molecule has 0 bridgehead atoms. The summed E-state index contributed by atoms with van der Waals surface area (Å²) < 4.78 is 47.7. The van der Waals surface area contributed by atoms with E-state index in [1.165, 1.54) is 0 Å². The van der Waals surface area contributed by atoms with Gasteiger partial charge in [-0.15, -0.1) is 0 Å². The third-order valence-electron chi connectivity index (χ3n) is 4.14. The Morgan fingerprint density at radius 3 is 0.811 bits per heavy atom. The Labute approximate surface area is 232 Å². The van der Waals surface area contributed by atoms with Gasteiger partial charge in [0.05, 0.1) is 105 Å². The minimum atomic E-state index is -0.270. The Hall–Kier alpha value is -0.640. The van der Waals surface area contributed by atoms with E-state index in [4.69, 9.17) is 42.6 Å². The number of esters is 2. The van der Waals surface area contributed by atoms with Crippen LogP contribution in [0.2, 0.25) is 0 Å². The zero-order valence-electron chi connectivity index (χ0n) is 22.3. The van der Waals surface area contributed by atoms with Gasteiger partial charge < -0.3 is 42.6 Å². The highest BCUT2D eigenvalue weighted by atomic mass is 32.1. The van der Waals surface area contributed by atoms with Crippen molar-refractivity contribution in [2.24, 2.45) is 0 Å². The fourth-order valence-corrected chi connectivity index (χ4v) is 2.75. The maximum Gasteiger partial charge on any atom is 0.306 e. The molecule has 0 saturated carbocycles. The molecular formula is C24H46O11S2. The molecule has 0 aliphatic rings. The Morgan fingerprint density at radius 1 is 0.432 bits per heavy atom. The lowest BCUT2D eigenvalue weighted by molar-refractivity contribution is -0.146. The molecule has 0 radical (unpaired) electrons. The first-order valence-corrected chi connectivity index (χ1v) is 13.7. The van der Waals surface area contributed by atoms with Crippen LogP contribution in [0, 0.1) is 0 Å². The van der Waals surface area contributed by atoms with Crippen LogP contribution in [0.5, 0.6) is 0 Å². The van der Waals surface area contributed by atoms with Gasteiger partial charge in [-0.1, -0.05) is 13.8 Å². The van der Waals surface area contributed by atoms with Gasteiger partial charge in [-0.3, -0.25) is 9.59 Å². The van der Waals surface area contributed by atoms with Crippen molar-refractivity contribution in [3.05, 3.63) is 0 Å². The molecule has 0 rings (SSSR count). The van der Waals surface area contributed by atoms with Crippen LogP contribution >= 0.6 is 25.3 Å². The number of ether oxygens (including phenoxy) is 9. The van der Waals surface area contributed by atoms with Crippen molar-refractivity contribution >= 4 is 37.2 Å². The minimum Gasteiger partial charge on any atom is -0.463 e.